The zero-order valence-corrected chi connectivity index (χ0v) is 15.6. The molecule has 2 aromatic carbocycles. The molecule has 5 nitrogen and oxygen atoms in total. The van der Waals surface area contributed by atoms with Crippen LogP contribution in [0.4, 0.5) is 10.1 Å². The van der Waals surface area contributed by atoms with Crippen LogP contribution >= 0.6 is 15.9 Å². The first-order valence-electron chi connectivity index (χ1n) is 8.36. The van der Waals surface area contributed by atoms with Gasteiger partial charge in [0.25, 0.3) is 5.91 Å². The molecule has 0 unspecified atom stereocenters. The second-order valence-electron chi connectivity index (χ2n) is 5.92. The van der Waals surface area contributed by atoms with Crippen LogP contribution in [0.15, 0.2) is 58.0 Å². The molecule has 1 aliphatic heterocycles. The Kier molecular flexibility index (Phi) is 6.35. The topological polar surface area (TPSA) is 62.7 Å². The molecule has 0 aliphatic carbocycles. The molecule has 0 saturated carbocycles. The van der Waals surface area contributed by atoms with Gasteiger partial charge in [-0.05, 0) is 61.4 Å². The molecule has 2 aromatic rings. The molecule has 7 heteroatoms. The Labute approximate surface area is 159 Å². The van der Waals surface area contributed by atoms with Gasteiger partial charge in [-0.2, -0.15) is 0 Å². The summed E-state index contributed by atoms with van der Waals surface area (Å²) in [4.78, 5) is 16.9. The number of nitrogens with zero attached hydrogens (tertiary/aromatic N) is 1. The lowest BCUT2D eigenvalue weighted by Gasteiger charge is -2.13. The summed E-state index contributed by atoms with van der Waals surface area (Å²) >= 11 is 3.39. The van der Waals surface area contributed by atoms with E-state index in [1.165, 1.54) is 24.3 Å². The predicted molar refractivity (Wildman–Crippen MR) is 103 cm³/mol. The average Bonchev–Trinajstić information content (AvgIpc) is 3.15. The second-order valence-corrected chi connectivity index (χ2v) is 6.83. The maximum absolute atomic E-state index is 13.0. The molecule has 2 N–H and O–H groups in total. The minimum absolute atomic E-state index is 0.0689. The zero-order chi connectivity index (χ0) is 18.4. The molecular formula is C19H19BrFN3O2. The highest BCUT2D eigenvalue weighted by Gasteiger charge is 2.16. The molecular weight excluding hydrogens is 401 g/mol. The molecule has 1 amide bonds. The van der Waals surface area contributed by atoms with Gasteiger partial charge in [-0.1, -0.05) is 15.9 Å². The van der Waals surface area contributed by atoms with Crippen LogP contribution in [-0.4, -0.2) is 31.1 Å². The van der Waals surface area contributed by atoms with Gasteiger partial charge in [-0.15, -0.1) is 0 Å². The molecule has 1 heterocycles. The van der Waals surface area contributed by atoms with E-state index >= 15 is 0 Å². The van der Waals surface area contributed by atoms with E-state index in [1.807, 2.05) is 24.3 Å². The number of amides is 1. The van der Waals surface area contributed by atoms with E-state index in [4.69, 9.17) is 4.74 Å². The summed E-state index contributed by atoms with van der Waals surface area (Å²) in [5.74, 6) is -0.417. The van der Waals surface area contributed by atoms with E-state index in [2.05, 4.69) is 31.6 Å². The van der Waals surface area contributed by atoms with Crippen LogP contribution in [0.25, 0.3) is 0 Å². The van der Waals surface area contributed by atoms with Gasteiger partial charge in [0.1, 0.15) is 5.82 Å². The summed E-state index contributed by atoms with van der Waals surface area (Å²) in [6, 6.07) is 12.9. The molecule has 26 heavy (non-hydrogen) atoms. The van der Waals surface area contributed by atoms with Gasteiger partial charge in [-0.25, -0.2) is 9.38 Å². The summed E-state index contributed by atoms with van der Waals surface area (Å²) < 4.78 is 19.6. The SMILES string of the molecule is O=C(NC(=NC[C@H]1CCCO1)Nc1ccc(Br)cc1)c1ccc(F)cc1. The summed E-state index contributed by atoms with van der Waals surface area (Å²) in [7, 11) is 0. The smallest absolute Gasteiger partial charge is 0.257 e. The van der Waals surface area contributed by atoms with Gasteiger partial charge in [0.15, 0.2) is 0 Å². The molecule has 0 aromatic heterocycles. The maximum atomic E-state index is 13.0. The monoisotopic (exact) mass is 419 g/mol. The van der Waals surface area contributed by atoms with Crippen molar-refractivity contribution in [1.29, 1.82) is 0 Å². The molecule has 1 saturated heterocycles. The zero-order valence-electron chi connectivity index (χ0n) is 14.0. The third kappa shape index (κ3) is 5.37. The van der Waals surface area contributed by atoms with Gasteiger partial charge < -0.3 is 10.1 Å². The average molecular weight is 420 g/mol. The molecule has 136 valence electrons. The number of hydrogen-bond acceptors (Lipinski definition) is 3. The number of halogens is 2. The fourth-order valence-corrected chi connectivity index (χ4v) is 2.81. The highest BCUT2D eigenvalue weighted by Crippen LogP contribution is 2.15. The molecule has 1 fully saturated rings. The number of hydrogen-bond donors (Lipinski definition) is 2. The van der Waals surface area contributed by atoms with Crippen molar-refractivity contribution in [3.05, 3.63) is 64.4 Å². The predicted octanol–water partition coefficient (Wildman–Crippen LogP) is 3.97. The fourth-order valence-electron chi connectivity index (χ4n) is 2.54. The van der Waals surface area contributed by atoms with Crippen LogP contribution in [0, 0.1) is 5.82 Å². The minimum Gasteiger partial charge on any atom is -0.376 e. The number of ether oxygens (including phenoxy) is 1. The van der Waals surface area contributed by atoms with Gasteiger partial charge in [0, 0.05) is 22.3 Å². The molecule has 0 spiro atoms. The van der Waals surface area contributed by atoms with E-state index in [0.717, 1.165) is 29.6 Å². The van der Waals surface area contributed by atoms with Gasteiger partial charge in [0.2, 0.25) is 5.96 Å². The Morgan fingerprint density at radius 2 is 1.92 bits per heavy atom. The Morgan fingerprint density at radius 1 is 1.19 bits per heavy atom. The minimum atomic E-state index is -0.387. The van der Waals surface area contributed by atoms with Gasteiger partial charge in [0.05, 0.1) is 12.6 Å². The third-order valence-corrected chi connectivity index (χ3v) is 4.45. The van der Waals surface area contributed by atoms with Crippen molar-refractivity contribution < 1.29 is 13.9 Å². The van der Waals surface area contributed by atoms with Crippen molar-refractivity contribution >= 4 is 33.5 Å². The van der Waals surface area contributed by atoms with Crippen LogP contribution in [-0.2, 0) is 4.74 Å². The first kappa shape index (κ1) is 18.5. The van der Waals surface area contributed by atoms with Crippen molar-refractivity contribution in [2.24, 2.45) is 4.99 Å². The number of aliphatic imine (C=N–C) groups is 1. The summed E-state index contributed by atoms with van der Waals surface area (Å²) in [5, 5.41) is 5.86. The standard InChI is InChI=1S/C19H19BrFN3O2/c20-14-5-9-16(10-6-14)23-19(22-12-17-2-1-11-26-17)24-18(25)13-3-7-15(21)8-4-13/h3-10,17H,1-2,11-12H2,(H2,22,23,24,25)/t17-/m1/s1. The quantitative estimate of drug-likeness (QED) is 0.582. The lowest BCUT2D eigenvalue weighted by atomic mass is 10.2. The van der Waals surface area contributed by atoms with E-state index in [-0.39, 0.29) is 17.8 Å². The molecule has 0 bridgehead atoms. The first-order chi connectivity index (χ1) is 12.6. The van der Waals surface area contributed by atoms with Crippen LogP contribution < -0.4 is 10.6 Å². The number of rotatable bonds is 4. The van der Waals surface area contributed by atoms with E-state index < -0.39 is 0 Å². The second kappa shape index (κ2) is 8.91. The number of carbonyl (C=O) groups is 1. The molecule has 1 aliphatic rings. The third-order valence-electron chi connectivity index (χ3n) is 3.92. The number of carbonyl (C=O) groups excluding carboxylic acids is 1. The van der Waals surface area contributed by atoms with Crippen molar-refractivity contribution in [1.82, 2.24) is 5.32 Å². The van der Waals surface area contributed by atoms with Crippen LogP contribution in [0.5, 0.6) is 0 Å². The van der Waals surface area contributed by atoms with Crippen molar-refractivity contribution in [3.63, 3.8) is 0 Å². The van der Waals surface area contributed by atoms with E-state index in [1.54, 1.807) is 0 Å². The van der Waals surface area contributed by atoms with Gasteiger partial charge >= 0.3 is 0 Å². The van der Waals surface area contributed by atoms with E-state index in [0.29, 0.717) is 18.1 Å². The Bertz CT molecular complexity index is 772. The highest BCUT2D eigenvalue weighted by atomic mass is 79.9. The van der Waals surface area contributed by atoms with Crippen LogP contribution in [0.3, 0.4) is 0 Å². The Morgan fingerprint density at radius 3 is 2.58 bits per heavy atom. The number of anilines is 1. The molecule has 0 radical (unpaired) electrons. The van der Waals surface area contributed by atoms with Crippen molar-refractivity contribution in [3.8, 4) is 0 Å². The first-order valence-corrected chi connectivity index (χ1v) is 9.15. The number of guanidine groups is 1. The lowest BCUT2D eigenvalue weighted by Crippen LogP contribution is -2.36. The molecule has 1 atom stereocenters. The van der Waals surface area contributed by atoms with E-state index in [9.17, 15) is 9.18 Å². The number of nitrogens with one attached hydrogen (secondary N) is 2. The van der Waals surface area contributed by atoms with Crippen molar-refractivity contribution in [2.75, 3.05) is 18.5 Å². The summed E-state index contributed by atoms with van der Waals surface area (Å²) in [6.45, 7) is 1.21. The lowest BCUT2D eigenvalue weighted by molar-refractivity contribution is 0.0975. The largest absolute Gasteiger partial charge is 0.376 e. The summed E-state index contributed by atoms with van der Waals surface area (Å²) in [6.07, 6.45) is 2.05. The van der Waals surface area contributed by atoms with Crippen LogP contribution in [0.2, 0.25) is 0 Å². The molecule has 3 rings (SSSR count). The number of benzene rings is 2. The fraction of sp³-hybridized carbons (Fsp3) is 0.263. The maximum Gasteiger partial charge on any atom is 0.257 e. The summed E-state index contributed by atoms with van der Waals surface area (Å²) in [5.41, 5.74) is 1.15. The Balaban J connectivity index is 1.72. The van der Waals surface area contributed by atoms with Crippen molar-refractivity contribution in [2.45, 2.75) is 18.9 Å². The highest BCUT2D eigenvalue weighted by molar-refractivity contribution is 9.10. The van der Waals surface area contributed by atoms with Gasteiger partial charge in [-0.3, -0.25) is 10.1 Å². The normalized spacial score (nSPS) is 17.2. The van der Waals surface area contributed by atoms with Crippen LogP contribution in [0.1, 0.15) is 23.2 Å². The Hall–Kier alpha value is -2.25.